The minimum Gasteiger partial charge on any atom is -0.488 e. The molecule has 0 unspecified atom stereocenters. The molecule has 0 N–H and O–H groups in total. The van der Waals surface area contributed by atoms with Gasteiger partial charge in [-0.1, -0.05) is 26.0 Å². The molecule has 1 aliphatic carbocycles. The molecule has 3 rings (SSSR count). The van der Waals surface area contributed by atoms with E-state index in [9.17, 15) is 9.18 Å². The normalized spacial score (nSPS) is 13.5. The van der Waals surface area contributed by atoms with E-state index in [1.807, 2.05) is 26.0 Å². The zero-order valence-electron chi connectivity index (χ0n) is 15.6. The first kappa shape index (κ1) is 18.4. The zero-order valence-corrected chi connectivity index (χ0v) is 15.6. The minimum absolute atomic E-state index is 0.249. The third-order valence-corrected chi connectivity index (χ3v) is 4.80. The Kier molecular flexibility index (Phi) is 5.60. The van der Waals surface area contributed by atoms with Gasteiger partial charge in [0, 0.05) is 18.1 Å². The number of carbonyl (C=O) groups excluding carboxylic acids is 1. The SMILES string of the molecule is CCC(=O)Oc1cccc(C2CC2)c1COc1cc(F)c(CC)cc1C. The quantitative estimate of drug-likeness (QED) is 0.487. The number of aryl methyl sites for hydroxylation is 2. The monoisotopic (exact) mass is 356 g/mol. The predicted octanol–water partition coefficient (Wildman–Crippen LogP) is 5.47. The molecule has 1 fully saturated rings. The molecule has 0 atom stereocenters. The lowest BCUT2D eigenvalue weighted by molar-refractivity contribution is -0.134. The number of esters is 1. The summed E-state index contributed by atoms with van der Waals surface area (Å²) >= 11 is 0. The third-order valence-electron chi connectivity index (χ3n) is 4.80. The lowest BCUT2D eigenvalue weighted by Gasteiger charge is -2.17. The number of rotatable bonds is 7. The fraction of sp³-hybridized carbons (Fsp3) is 0.409. The Morgan fingerprint density at radius 3 is 2.62 bits per heavy atom. The molecule has 2 aromatic carbocycles. The van der Waals surface area contributed by atoms with Crippen molar-refractivity contribution >= 4 is 5.97 Å². The molecule has 1 saturated carbocycles. The fourth-order valence-electron chi connectivity index (χ4n) is 3.10. The summed E-state index contributed by atoms with van der Waals surface area (Å²) in [5, 5.41) is 0. The molecule has 0 aliphatic heterocycles. The number of benzene rings is 2. The van der Waals surface area contributed by atoms with Crippen LogP contribution in [0.2, 0.25) is 0 Å². The number of ether oxygens (including phenoxy) is 2. The second-order valence-corrected chi connectivity index (χ2v) is 6.78. The maximum atomic E-state index is 14.1. The highest BCUT2D eigenvalue weighted by atomic mass is 19.1. The lowest BCUT2D eigenvalue weighted by atomic mass is 10.0. The van der Waals surface area contributed by atoms with Crippen LogP contribution in [0.15, 0.2) is 30.3 Å². The van der Waals surface area contributed by atoms with Gasteiger partial charge in [0.2, 0.25) is 0 Å². The van der Waals surface area contributed by atoms with E-state index in [2.05, 4.69) is 6.07 Å². The van der Waals surface area contributed by atoms with Crippen LogP contribution in [0.5, 0.6) is 11.5 Å². The Hall–Kier alpha value is -2.36. The average molecular weight is 356 g/mol. The summed E-state index contributed by atoms with van der Waals surface area (Å²) in [4.78, 5) is 11.8. The van der Waals surface area contributed by atoms with Crippen molar-refractivity contribution in [3.8, 4) is 11.5 Å². The highest BCUT2D eigenvalue weighted by Gasteiger charge is 2.28. The number of hydrogen-bond donors (Lipinski definition) is 0. The second kappa shape index (κ2) is 7.90. The Balaban J connectivity index is 1.87. The average Bonchev–Trinajstić information content (AvgIpc) is 3.47. The van der Waals surface area contributed by atoms with Crippen LogP contribution < -0.4 is 9.47 Å². The van der Waals surface area contributed by atoms with Crippen LogP contribution in [0.3, 0.4) is 0 Å². The van der Waals surface area contributed by atoms with E-state index >= 15 is 0 Å². The largest absolute Gasteiger partial charge is 0.488 e. The molecule has 0 radical (unpaired) electrons. The van der Waals surface area contributed by atoms with Gasteiger partial charge in [-0.15, -0.1) is 0 Å². The van der Waals surface area contributed by atoms with Gasteiger partial charge >= 0.3 is 5.97 Å². The Bertz CT molecular complexity index is 809. The molecular weight excluding hydrogens is 331 g/mol. The first-order chi connectivity index (χ1) is 12.5. The standard InChI is InChI=1S/C22H25FO3/c1-4-15-11-14(3)21(12-19(15)23)25-13-18-17(16-9-10-16)7-6-8-20(18)26-22(24)5-2/h6-8,11-12,16H,4-5,9-10,13H2,1-3H3. The highest BCUT2D eigenvalue weighted by molar-refractivity contribution is 5.72. The van der Waals surface area contributed by atoms with E-state index in [0.717, 1.165) is 29.5 Å². The van der Waals surface area contributed by atoms with Crippen LogP contribution in [0, 0.1) is 12.7 Å². The predicted molar refractivity (Wildman–Crippen MR) is 99.2 cm³/mol. The lowest BCUT2D eigenvalue weighted by Crippen LogP contribution is -2.10. The van der Waals surface area contributed by atoms with Crippen LogP contribution in [0.4, 0.5) is 4.39 Å². The van der Waals surface area contributed by atoms with Crippen LogP contribution in [0.25, 0.3) is 0 Å². The summed E-state index contributed by atoms with van der Waals surface area (Å²) in [6.45, 7) is 5.87. The van der Waals surface area contributed by atoms with Crippen molar-refractivity contribution in [3.05, 3.63) is 58.4 Å². The van der Waals surface area contributed by atoms with E-state index in [0.29, 0.717) is 35.8 Å². The molecule has 138 valence electrons. The summed E-state index contributed by atoms with van der Waals surface area (Å²) in [5.41, 5.74) is 3.64. The smallest absolute Gasteiger partial charge is 0.310 e. The van der Waals surface area contributed by atoms with Crippen molar-refractivity contribution < 1.29 is 18.7 Å². The summed E-state index contributed by atoms with van der Waals surface area (Å²) in [6.07, 6.45) is 3.24. The molecule has 0 bridgehead atoms. The second-order valence-electron chi connectivity index (χ2n) is 6.78. The van der Waals surface area contributed by atoms with Gasteiger partial charge in [-0.05, 0) is 60.9 Å². The Morgan fingerprint density at radius 1 is 1.19 bits per heavy atom. The van der Waals surface area contributed by atoms with Crippen molar-refractivity contribution in [1.29, 1.82) is 0 Å². The topological polar surface area (TPSA) is 35.5 Å². The first-order valence-electron chi connectivity index (χ1n) is 9.27. The molecule has 1 aliphatic rings. The van der Waals surface area contributed by atoms with Gasteiger partial charge in [0.15, 0.2) is 0 Å². The van der Waals surface area contributed by atoms with Crippen LogP contribution >= 0.6 is 0 Å². The highest BCUT2D eigenvalue weighted by Crippen LogP contribution is 2.44. The summed E-state index contributed by atoms with van der Waals surface area (Å²) in [7, 11) is 0. The fourth-order valence-corrected chi connectivity index (χ4v) is 3.10. The van der Waals surface area contributed by atoms with E-state index in [1.165, 1.54) is 6.07 Å². The van der Waals surface area contributed by atoms with Crippen LogP contribution in [0.1, 0.15) is 61.3 Å². The number of carbonyl (C=O) groups is 1. The van der Waals surface area contributed by atoms with Crippen molar-refractivity contribution in [1.82, 2.24) is 0 Å². The van der Waals surface area contributed by atoms with Gasteiger partial charge in [0.25, 0.3) is 0 Å². The van der Waals surface area contributed by atoms with Gasteiger partial charge < -0.3 is 9.47 Å². The maximum Gasteiger partial charge on any atom is 0.310 e. The Labute approximate surface area is 154 Å². The molecule has 4 heteroatoms. The van der Waals surface area contributed by atoms with E-state index in [-0.39, 0.29) is 18.4 Å². The van der Waals surface area contributed by atoms with Gasteiger partial charge in [0.1, 0.15) is 23.9 Å². The molecule has 0 amide bonds. The first-order valence-corrected chi connectivity index (χ1v) is 9.27. The van der Waals surface area contributed by atoms with Crippen molar-refractivity contribution in [2.45, 2.75) is 59.0 Å². The summed E-state index contributed by atoms with van der Waals surface area (Å²) in [5.74, 6) is 1.05. The minimum atomic E-state index is -0.270. The van der Waals surface area contributed by atoms with E-state index < -0.39 is 0 Å². The molecule has 0 saturated heterocycles. The van der Waals surface area contributed by atoms with Gasteiger partial charge in [-0.2, -0.15) is 0 Å². The molecule has 0 heterocycles. The molecule has 3 nitrogen and oxygen atoms in total. The van der Waals surface area contributed by atoms with Crippen molar-refractivity contribution in [3.63, 3.8) is 0 Å². The Morgan fingerprint density at radius 2 is 1.96 bits per heavy atom. The number of halogens is 1. The van der Waals surface area contributed by atoms with Crippen LogP contribution in [-0.4, -0.2) is 5.97 Å². The molecule has 26 heavy (non-hydrogen) atoms. The van der Waals surface area contributed by atoms with E-state index in [1.54, 1.807) is 13.0 Å². The summed E-state index contributed by atoms with van der Waals surface area (Å²) in [6, 6.07) is 9.05. The van der Waals surface area contributed by atoms with Gasteiger partial charge in [0.05, 0.1) is 0 Å². The molecular formula is C22H25FO3. The van der Waals surface area contributed by atoms with E-state index in [4.69, 9.17) is 9.47 Å². The van der Waals surface area contributed by atoms with Crippen LogP contribution in [-0.2, 0) is 17.8 Å². The zero-order chi connectivity index (χ0) is 18.7. The van der Waals surface area contributed by atoms with Crippen molar-refractivity contribution in [2.24, 2.45) is 0 Å². The molecule has 0 aromatic heterocycles. The van der Waals surface area contributed by atoms with Gasteiger partial charge in [-0.25, -0.2) is 4.39 Å². The molecule has 2 aromatic rings. The van der Waals surface area contributed by atoms with Crippen molar-refractivity contribution in [2.75, 3.05) is 0 Å². The summed E-state index contributed by atoms with van der Waals surface area (Å²) < 4.78 is 25.6. The third kappa shape index (κ3) is 4.06. The van der Waals surface area contributed by atoms with Gasteiger partial charge in [-0.3, -0.25) is 4.79 Å². The molecule has 0 spiro atoms. The maximum absolute atomic E-state index is 14.1. The number of hydrogen-bond acceptors (Lipinski definition) is 3.